The largest absolute Gasteiger partial charge is 0.324 e. The molecule has 0 spiro atoms. The van der Waals surface area contributed by atoms with Crippen molar-refractivity contribution in [1.29, 1.82) is 0 Å². The predicted octanol–water partition coefficient (Wildman–Crippen LogP) is 7.45. The zero-order valence-corrected chi connectivity index (χ0v) is 18.9. The van der Waals surface area contributed by atoms with Gasteiger partial charge in [0.05, 0.1) is 5.69 Å². The van der Waals surface area contributed by atoms with Crippen molar-refractivity contribution in [2.24, 2.45) is 0 Å². The summed E-state index contributed by atoms with van der Waals surface area (Å²) in [7, 11) is 0. The van der Waals surface area contributed by atoms with Crippen molar-refractivity contribution in [2.45, 2.75) is 44.9 Å². The minimum Gasteiger partial charge on any atom is -0.324 e. The molecule has 1 heterocycles. The molecule has 0 bridgehead atoms. The number of halogens is 1. The number of benzene rings is 3. The molecule has 1 N–H and O–H groups in total. The van der Waals surface area contributed by atoms with Gasteiger partial charge in [-0.3, -0.25) is 0 Å². The molecule has 1 aliphatic rings. The van der Waals surface area contributed by atoms with Crippen molar-refractivity contribution in [3.63, 3.8) is 0 Å². The van der Waals surface area contributed by atoms with E-state index >= 15 is 0 Å². The second-order valence-corrected chi connectivity index (χ2v) is 8.72. The molecule has 1 aromatic heterocycles. The van der Waals surface area contributed by atoms with Gasteiger partial charge in [-0.05, 0) is 59.7 Å². The first-order chi connectivity index (χ1) is 16.2. The topological polar surface area (TPSA) is 37.8 Å². The molecule has 0 radical (unpaired) electrons. The maximum atomic E-state index is 14.6. The van der Waals surface area contributed by atoms with Crippen LogP contribution in [0.15, 0.2) is 79.0 Å². The number of fused-ring (bicyclic) bond motifs is 3. The van der Waals surface area contributed by atoms with Crippen LogP contribution in [0.25, 0.3) is 11.3 Å². The molecule has 0 unspecified atom stereocenters. The third-order valence-electron chi connectivity index (χ3n) is 6.41. The molecule has 1 atom stereocenters. The number of anilines is 2. The fraction of sp³-hybridized carbons (Fsp3) is 0.241. The lowest BCUT2D eigenvalue weighted by molar-refractivity contribution is 0.593. The summed E-state index contributed by atoms with van der Waals surface area (Å²) in [5.41, 5.74) is 7.17. The zero-order valence-electron chi connectivity index (χ0n) is 18.9. The number of hydrogen-bond donors (Lipinski definition) is 1. The quantitative estimate of drug-likeness (QED) is 0.305. The fourth-order valence-corrected chi connectivity index (χ4v) is 4.74. The standard InChI is InChI=1S/C29H28FN3/c1-2-3-4-10-20-11-9-12-22(17-20)32-29-31-19-21-18-26(24-14-7-8-16-27(24)30)23-13-5-6-15-25(23)28(21)33-29/h5-9,11-17,19,26H,2-4,10,18H2,1H3,(H,31,32,33)/t26-/m1/s1. The van der Waals surface area contributed by atoms with Crippen LogP contribution in [0.1, 0.15) is 54.4 Å². The summed E-state index contributed by atoms with van der Waals surface area (Å²) >= 11 is 0. The van der Waals surface area contributed by atoms with E-state index in [-0.39, 0.29) is 11.7 Å². The van der Waals surface area contributed by atoms with Crippen LogP contribution in [0.3, 0.4) is 0 Å². The second-order valence-electron chi connectivity index (χ2n) is 8.72. The Kier molecular flexibility index (Phi) is 6.16. The van der Waals surface area contributed by atoms with Crippen LogP contribution in [0.5, 0.6) is 0 Å². The molecule has 33 heavy (non-hydrogen) atoms. The third kappa shape index (κ3) is 4.51. The third-order valence-corrected chi connectivity index (χ3v) is 6.41. The van der Waals surface area contributed by atoms with Crippen LogP contribution < -0.4 is 5.32 Å². The number of hydrogen-bond acceptors (Lipinski definition) is 3. The average molecular weight is 438 g/mol. The molecule has 3 aromatic carbocycles. The van der Waals surface area contributed by atoms with Crippen LogP contribution in [-0.2, 0) is 12.8 Å². The highest BCUT2D eigenvalue weighted by atomic mass is 19.1. The summed E-state index contributed by atoms with van der Waals surface area (Å²) in [5, 5.41) is 3.39. The van der Waals surface area contributed by atoms with Gasteiger partial charge in [0.1, 0.15) is 5.82 Å². The Bertz CT molecular complexity index is 1270. The number of rotatable bonds is 7. The van der Waals surface area contributed by atoms with E-state index in [0.29, 0.717) is 12.4 Å². The van der Waals surface area contributed by atoms with Crippen molar-refractivity contribution < 1.29 is 4.39 Å². The van der Waals surface area contributed by atoms with Gasteiger partial charge in [0.2, 0.25) is 5.95 Å². The van der Waals surface area contributed by atoms with E-state index in [0.717, 1.165) is 40.1 Å². The molecular weight excluding hydrogens is 409 g/mol. The van der Waals surface area contributed by atoms with E-state index < -0.39 is 0 Å². The van der Waals surface area contributed by atoms with E-state index in [9.17, 15) is 4.39 Å². The van der Waals surface area contributed by atoms with Gasteiger partial charge < -0.3 is 5.32 Å². The molecule has 0 fully saturated rings. The summed E-state index contributed by atoms with van der Waals surface area (Å²) in [6.45, 7) is 2.22. The van der Waals surface area contributed by atoms with Crippen molar-refractivity contribution in [3.05, 3.63) is 107 Å². The van der Waals surface area contributed by atoms with Crippen LogP contribution in [0.4, 0.5) is 16.0 Å². The lowest BCUT2D eigenvalue weighted by Crippen LogP contribution is -2.16. The second kappa shape index (κ2) is 9.53. The smallest absolute Gasteiger partial charge is 0.227 e. The van der Waals surface area contributed by atoms with Gasteiger partial charge in [-0.15, -0.1) is 0 Å². The Morgan fingerprint density at radius 2 is 1.76 bits per heavy atom. The van der Waals surface area contributed by atoms with Crippen LogP contribution in [-0.4, -0.2) is 9.97 Å². The van der Waals surface area contributed by atoms with Gasteiger partial charge in [0, 0.05) is 23.4 Å². The van der Waals surface area contributed by atoms with Crippen molar-refractivity contribution in [1.82, 2.24) is 9.97 Å². The Labute approximate surface area is 194 Å². The summed E-state index contributed by atoms with van der Waals surface area (Å²) in [4.78, 5) is 9.49. The average Bonchev–Trinajstić information content (AvgIpc) is 2.85. The van der Waals surface area contributed by atoms with Crippen molar-refractivity contribution >= 4 is 11.6 Å². The summed E-state index contributed by atoms with van der Waals surface area (Å²) < 4.78 is 14.6. The molecule has 0 saturated heterocycles. The van der Waals surface area contributed by atoms with Gasteiger partial charge in [0.25, 0.3) is 0 Å². The number of aryl methyl sites for hydroxylation is 1. The summed E-state index contributed by atoms with van der Waals surface area (Å²) in [5.74, 6) is 0.370. The normalized spacial score (nSPS) is 14.4. The Morgan fingerprint density at radius 1 is 0.939 bits per heavy atom. The molecule has 4 aromatic rings. The van der Waals surface area contributed by atoms with Gasteiger partial charge in [0.15, 0.2) is 0 Å². The molecule has 5 rings (SSSR count). The molecular formula is C29H28FN3. The molecule has 4 heteroatoms. The molecule has 1 aliphatic carbocycles. The van der Waals surface area contributed by atoms with Gasteiger partial charge in [-0.1, -0.05) is 74.4 Å². The highest BCUT2D eigenvalue weighted by molar-refractivity contribution is 5.73. The zero-order chi connectivity index (χ0) is 22.6. The Balaban J connectivity index is 1.44. The van der Waals surface area contributed by atoms with Crippen molar-refractivity contribution in [3.8, 4) is 11.3 Å². The number of nitrogens with zero attached hydrogens (tertiary/aromatic N) is 2. The maximum Gasteiger partial charge on any atom is 0.227 e. The number of unbranched alkanes of at least 4 members (excludes halogenated alkanes) is 2. The first kappa shape index (κ1) is 21.3. The molecule has 0 amide bonds. The molecule has 3 nitrogen and oxygen atoms in total. The lowest BCUT2D eigenvalue weighted by atomic mass is 9.78. The number of aromatic nitrogens is 2. The highest BCUT2D eigenvalue weighted by Gasteiger charge is 2.28. The minimum absolute atomic E-state index is 0.0443. The van der Waals surface area contributed by atoms with Gasteiger partial charge in [-0.25, -0.2) is 14.4 Å². The fourth-order valence-electron chi connectivity index (χ4n) is 4.74. The van der Waals surface area contributed by atoms with Gasteiger partial charge >= 0.3 is 0 Å². The van der Waals surface area contributed by atoms with Crippen molar-refractivity contribution in [2.75, 3.05) is 5.32 Å². The first-order valence-corrected chi connectivity index (χ1v) is 11.8. The van der Waals surface area contributed by atoms with Crippen LogP contribution in [0, 0.1) is 5.82 Å². The molecule has 166 valence electrons. The summed E-state index contributed by atoms with van der Waals surface area (Å²) in [6.07, 6.45) is 7.33. The minimum atomic E-state index is -0.168. The predicted molar refractivity (Wildman–Crippen MR) is 132 cm³/mol. The molecule has 0 aliphatic heterocycles. The monoisotopic (exact) mass is 437 g/mol. The van der Waals surface area contributed by atoms with Crippen LogP contribution in [0.2, 0.25) is 0 Å². The van der Waals surface area contributed by atoms with Crippen LogP contribution >= 0.6 is 0 Å². The van der Waals surface area contributed by atoms with E-state index in [4.69, 9.17) is 4.98 Å². The van der Waals surface area contributed by atoms with E-state index in [1.807, 2.05) is 36.5 Å². The lowest BCUT2D eigenvalue weighted by Gasteiger charge is -2.27. The summed E-state index contributed by atoms with van der Waals surface area (Å²) in [6, 6.07) is 23.7. The first-order valence-electron chi connectivity index (χ1n) is 11.8. The maximum absolute atomic E-state index is 14.6. The van der Waals surface area contributed by atoms with Gasteiger partial charge in [-0.2, -0.15) is 0 Å². The SMILES string of the molecule is CCCCCc1cccc(Nc2ncc3c(n2)-c2ccccc2[C@H](c2ccccc2F)C3)c1. The highest BCUT2D eigenvalue weighted by Crippen LogP contribution is 2.42. The van der Waals surface area contributed by atoms with E-state index in [2.05, 4.69) is 47.6 Å². The van der Waals surface area contributed by atoms with E-state index in [1.54, 1.807) is 6.07 Å². The Hall–Kier alpha value is -3.53. The molecule has 0 saturated carbocycles. The van der Waals surface area contributed by atoms with E-state index in [1.165, 1.54) is 30.9 Å². The number of nitrogens with one attached hydrogen (secondary N) is 1. The Morgan fingerprint density at radius 3 is 2.61 bits per heavy atom.